The van der Waals surface area contributed by atoms with Gasteiger partial charge in [-0.15, -0.1) is 0 Å². The molecular weight excluding hydrogens is 1400 g/mol. The second-order valence-corrected chi connectivity index (χ2v) is 28.0. The summed E-state index contributed by atoms with van der Waals surface area (Å²) in [6.45, 7) is 0.763. The lowest BCUT2D eigenvalue weighted by Crippen LogP contribution is -2.38. The predicted molar refractivity (Wildman–Crippen MR) is 369 cm³/mol. The van der Waals surface area contributed by atoms with E-state index in [1.165, 1.54) is 43.9 Å². The van der Waals surface area contributed by atoms with Crippen LogP contribution in [0.3, 0.4) is 0 Å². The lowest BCUT2D eigenvalue weighted by Gasteiger charge is -2.35. The van der Waals surface area contributed by atoms with Crippen LogP contribution in [0.1, 0.15) is 90.5 Å². The van der Waals surface area contributed by atoms with E-state index < -0.39 is 125 Å². The van der Waals surface area contributed by atoms with Gasteiger partial charge >= 0.3 is 33.0 Å². The van der Waals surface area contributed by atoms with Crippen LogP contribution < -0.4 is 44.2 Å². The van der Waals surface area contributed by atoms with Gasteiger partial charge in [0.15, 0.2) is 6.23 Å². The fourth-order valence-electron chi connectivity index (χ4n) is 12.3. The number of aromatic nitrogens is 7. The number of esters is 1. The van der Waals surface area contributed by atoms with Crippen LogP contribution in [0.25, 0.3) is 33.3 Å². The molecule has 4 unspecified atom stereocenters. The molecule has 0 aliphatic carbocycles. The van der Waals surface area contributed by atoms with E-state index in [-0.39, 0.29) is 80.6 Å². The Morgan fingerprint density at radius 3 is 2.12 bits per heavy atom. The van der Waals surface area contributed by atoms with E-state index in [0.717, 1.165) is 33.0 Å². The second-order valence-electron chi connectivity index (χ2n) is 25.2. The molecule has 7 aromatic rings. The average molecular weight is 1480 g/mol. The number of methoxy groups -OCH3 is 1. The molecule has 0 saturated carbocycles. The number of phosphoric acid groups is 2. The van der Waals surface area contributed by atoms with Gasteiger partial charge in [0.05, 0.1) is 62.5 Å². The molecule has 0 bridgehead atoms. The van der Waals surface area contributed by atoms with Gasteiger partial charge in [0.25, 0.3) is 11.1 Å². The third-order valence-corrected chi connectivity index (χ3v) is 19.6. The number of fused-ring (bicyclic) bond motifs is 1. The number of carbonyl (C=O) groups excluding carboxylic acids is 4. The van der Waals surface area contributed by atoms with E-state index in [1.54, 1.807) is 10.8 Å². The largest absolute Gasteiger partial charge is 0.472 e. The number of aliphatic hydroxyl groups excluding tert-OH is 1. The first kappa shape index (κ1) is 76.1. The van der Waals surface area contributed by atoms with E-state index in [2.05, 4.69) is 52.6 Å². The van der Waals surface area contributed by atoms with E-state index in [0.29, 0.717) is 65.8 Å². The van der Waals surface area contributed by atoms with Crippen molar-refractivity contribution in [3.05, 3.63) is 168 Å². The van der Waals surface area contributed by atoms with E-state index in [1.807, 2.05) is 73.6 Å². The van der Waals surface area contributed by atoms with Crippen LogP contribution in [0, 0.1) is 11.8 Å². The Hall–Kier alpha value is -9.02. The number of nitrogens with two attached hydrogens (primary N) is 1. The van der Waals surface area contributed by atoms with Crippen LogP contribution in [-0.2, 0) is 71.8 Å². The zero-order valence-electron chi connectivity index (χ0n) is 56.7. The van der Waals surface area contributed by atoms with Crippen molar-refractivity contribution in [2.24, 2.45) is 0 Å². The van der Waals surface area contributed by atoms with Gasteiger partial charge in [0.1, 0.15) is 72.7 Å². The number of nitrogens with one attached hydrogen (secondary N) is 5. The second kappa shape index (κ2) is 34.3. The summed E-state index contributed by atoms with van der Waals surface area (Å²) in [5.41, 5.74) is 6.75. The number of nitrogens with zero attached hydrogens (tertiary/aromatic N) is 7. The van der Waals surface area contributed by atoms with Crippen molar-refractivity contribution in [3.8, 4) is 34.1 Å². The summed E-state index contributed by atoms with van der Waals surface area (Å²) in [6.07, 6.45) is -6.76. The Bertz CT molecular complexity index is 4640. The molecule has 12 atom stereocenters. The van der Waals surface area contributed by atoms with Gasteiger partial charge in [-0.05, 0) is 30.8 Å². The summed E-state index contributed by atoms with van der Waals surface area (Å²) < 4.78 is 83.7. The number of cyclic esters (lactones) is 1. The predicted octanol–water partition coefficient (Wildman–Crippen LogP) is 2.10. The highest BCUT2D eigenvalue weighted by atomic mass is 31.2. The van der Waals surface area contributed by atoms with Crippen molar-refractivity contribution in [3.63, 3.8) is 0 Å². The Kier molecular flexibility index (Phi) is 25.1. The number of aromatic amines is 2. The number of rotatable bonds is 31. The highest BCUT2D eigenvalue weighted by molar-refractivity contribution is 7.47. The molecule has 0 spiro atoms. The van der Waals surface area contributed by atoms with Gasteiger partial charge in [0.2, 0.25) is 11.8 Å². The summed E-state index contributed by atoms with van der Waals surface area (Å²) in [4.78, 5) is 141. The first-order valence-electron chi connectivity index (χ1n) is 33.2. The average Bonchev–Trinajstić information content (AvgIpc) is 1.60. The zero-order valence-corrected chi connectivity index (χ0v) is 58.5. The van der Waals surface area contributed by atoms with Crippen molar-refractivity contribution < 1.29 is 85.0 Å². The van der Waals surface area contributed by atoms with Crippen molar-refractivity contribution in [1.29, 1.82) is 0 Å². The fraction of sp³-hybridized carbons (Fsp3) is 0.433. The Labute approximate surface area is 593 Å². The van der Waals surface area contributed by atoms with Crippen LogP contribution in [0.4, 0.5) is 5.82 Å². The molecule has 4 aliphatic rings. The van der Waals surface area contributed by atoms with Crippen molar-refractivity contribution in [2.45, 2.75) is 107 Å². The molecule has 4 aliphatic heterocycles. The summed E-state index contributed by atoms with van der Waals surface area (Å²) in [5.74, 6) is 4.15. The summed E-state index contributed by atoms with van der Waals surface area (Å²) in [5, 5.41) is 20.1. The zero-order chi connectivity index (χ0) is 73.8. The molecule has 3 aromatic carbocycles. The highest BCUT2D eigenvalue weighted by Gasteiger charge is 2.46. The Morgan fingerprint density at radius 1 is 0.760 bits per heavy atom. The maximum Gasteiger partial charge on any atom is 0.472 e. The summed E-state index contributed by atoms with van der Waals surface area (Å²) in [7, 11) is -5.19. The smallest absolute Gasteiger partial charge is 0.442 e. The van der Waals surface area contributed by atoms with Gasteiger partial charge in [-0.3, -0.25) is 70.9 Å². The molecule has 8 heterocycles. The number of carbonyl (C=O) groups is 4. The number of hydrogen-bond donors (Lipinski definition) is 9. The van der Waals surface area contributed by atoms with Gasteiger partial charge in [0, 0.05) is 107 Å². The third-order valence-electron chi connectivity index (χ3n) is 17.6. The molecule has 10 N–H and O–H groups in total. The molecular formula is C67H79N13O22P2. The van der Waals surface area contributed by atoms with Crippen LogP contribution in [0.5, 0.6) is 0 Å². The number of anilines is 1. The van der Waals surface area contributed by atoms with Gasteiger partial charge in [-0.2, -0.15) is 0 Å². The molecule has 35 nitrogen and oxygen atoms in total. The molecule has 11 rings (SSSR count). The van der Waals surface area contributed by atoms with Crippen LogP contribution in [0.15, 0.2) is 123 Å². The molecule has 104 heavy (non-hydrogen) atoms. The number of aliphatic hydroxyl groups is 1. The minimum absolute atomic E-state index is 0.0269. The van der Waals surface area contributed by atoms with Gasteiger partial charge in [-0.1, -0.05) is 90.7 Å². The number of nitrogen functional groups attached to an aromatic ring is 1. The Balaban J connectivity index is 0.739. The first-order chi connectivity index (χ1) is 49.9. The number of likely N-dealkylation sites (N-methyl/N-ethyl adjacent to an activating group) is 1. The lowest BCUT2D eigenvalue weighted by atomic mass is 10.0. The third kappa shape index (κ3) is 19.3. The van der Waals surface area contributed by atoms with E-state index in [9.17, 15) is 62.4 Å². The molecule has 4 saturated heterocycles. The van der Waals surface area contributed by atoms with Crippen LogP contribution >= 0.6 is 15.6 Å². The van der Waals surface area contributed by atoms with Crippen molar-refractivity contribution in [2.75, 3.05) is 86.0 Å². The monoisotopic (exact) mass is 1480 g/mol. The number of H-pyrrole nitrogens is 2. The first-order valence-corrected chi connectivity index (χ1v) is 36.2. The van der Waals surface area contributed by atoms with Crippen molar-refractivity contribution >= 4 is 56.6 Å². The Morgan fingerprint density at radius 2 is 1.40 bits per heavy atom. The summed E-state index contributed by atoms with van der Waals surface area (Å²) in [6, 6.07) is 23.1. The molecule has 554 valence electrons. The number of amides is 2. The maximum atomic E-state index is 14.1. The van der Waals surface area contributed by atoms with Crippen LogP contribution in [0.2, 0.25) is 0 Å². The standard InChI is InChI=1S/C67H79N13O22P2/c1-76(2)26-24-69-23-19-54(83)71-31-55(84)70-22-7-10-45-33-79(66(88)74-63(45)86)57-30-51(53(99-57)37-94-3)102-103(90,91)95-27-21-49-50(29-58(97-49)80-35-47(64(87)75-67(80)89)43-13-11-41(36-81)12-14-43)101-104(92,93)96-38-52-48(82)28-56(98-52)78-34-46(60-61(68)72-39-73-62(60)78)42-15-17-44(18-16-42)65-77(25-20-59(85)100-65)32-40-8-5-4-6-9-40/h4-6,8-9,11-18,33-36,39,48-53,56-58,65,69,82H,19-32,37-38H2,1-3H3,(H,70,84)(H,71,83)(H,90,91)(H,92,93)(H2,68,72,73)(H,74,86,88)(H,75,87,89)/t48-,49+,50?,51-,52+,53+,56+,57+,58+,65?/m0/s1. The number of aldehydes is 1. The van der Waals surface area contributed by atoms with E-state index in [4.69, 9.17) is 47.5 Å². The molecule has 37 heteroatoms. The minimum Gasteiger partial charge on any atom is -0.442 e. The van der Waals surface area contributed by atoms with E-state index >= 15 is 0 Å². The number of hydrogen-bond acceptors (Lipinski definition) is 26. The minimum atomic E-state index is -5.23. The molecule has 4 aromatic heterocycles. The molecule has 2 amide bonds. The topological polar surface area (TPSA) is 455 Å². The van der Waals surface area contributed by atoms with Crippen molar-refractivity contribution in [1.82, 2.24) is 59.4 Å². The fourth-order valence-corrected chi connectivity index (χ4v) is 14.3. The number of phosphoric ester groups is 2. The highest BCUT2D eigenvalue weighted by Crippen LogP contribution is 2.52. The molecule has 0 radical (unpaired) electrons. The normalized spacial score (nSPS) is 23.1. The molecule has 4 fully saturated rings. The number of ether oxygens (including phenoxy) is 5. The summed E-state index contributed by atoms with van der Waals surface area (Å²) >= 11 is 0. The van der Waals surface area contributed by atoms with Gasteiger partial charge in [-0.25, -0.2) is 28.7 Å². The quantitative estimate of drug-likeness (QED) is 0.00987. The van der Waals surface area contributed by atoms with Crippen LogP contribution in [-0.4, -0.2) is 199 Å². The SMILES string of the molecule is COC[C@H]1O[C@@H](n2cc(C#CCNC(=O)CNC(=O)CCNCCN(C)C)c(=O)[nH]c2=O)C[C@@H]1OP(=O)(O)OCC[C@H]1O[C@@H](n2cc(-c3ccc(C=O)cc3)c(=O)[nH]c2=O)CC1OP(=O)(O)OC[C@H]1O[C@@H](n2cc(-c3ccc(C4OC(=O)CCN4Cc4ccccc4)cc3)c3c(N)ncnc32)C[C@@H]1O. The maximum absolute atomic E-state index is 14.1. The van der Waals surface area contributed by atoms with Gasteiger partial charge < -0.3 is 69.7 Å². The lowest BCUT2D eigenvalue weighted by molar-refractivity contribution is -0.171. The number of benzene rings is 3.